The molecule has 0 aliphatic heterocycles. The average molecular weight is 420 g/mol. The number of halogens is 1. The molecule has 1 heterocycles. The van der Waals surface area contributed by atoms with E-state index in [1.807, 2.05) is 42.5 Å². The minimum atomic E-state index is -0.523. The number of benzene rings is 3. The summed E-state index contributed by atoms with van der Waals surface area (Å²) in [5.41, 5.74) is 4.20. The summed E-state index contributed by atoms with van der Waals surface area (Å²) in [4.78, 5) is 4.36. The van der Waals surface area contributed by atoms with E-state index in [4.69, 9.17) is 19.1 Å². The summed E-state index contributed by atoms with van der Waals surface area (Å²) in [6.07, 6.45) is 0. The van der Waals surface area contributed by atoms with Crippen LogP contribution in [0.1, 0.15) is 11.1 Å². The van der Waals surface area contributed by atoms with Gasteiger partial charge in [-0.05, 0) is 47.0 Å². The minimum absolute atomic E-state index is 0.138. The van der Waals surface area contributed by atoms with Crippen LogP contribution in [0, 0.1) is 5.82 Å². The Morgan fingerprint density at radius 1 is 0.968 bits per heavy atom. The molecule has 3 aromatic carbocycles. The highest BCUT2D eigenvalue weighted by molar-refractivity contribution is 5.76. The normalized spacial score (nSPS) is 11.0. The average Bonchev–Trinajstić information content (AvgIpc) is 3.29. The van der Waals surface area contributed by atoms with E-state index >= 15 is 0 Å². The zero-order chi connectivity index (χ0) is 21.8. The molecule has 7 heteroatoms. The van der Waals surface area contributed by atoms with Crippen LogP contribution in [0.5, 0.6) is 5.75 Å². The van der Waals surface area contributed by atoms with Crippen LogP contribution in [0.3, 0.4) is 0 Å². The molecule has 0 unspecified atom stereocenters. The predicted molar refractivity (Wildman–Crippen MR) is 114 cm³/mol. The molecular formula is C24H21FN2O4. The fourth-order valence-corrected chi connectivity index (χ4v) is 3.42. The van der Waals surface area contributed by atoms with Gasteiger partial charge in [0.25, 0.3) is 5.89 Å². The molecule has 0 bridgehead atoms. The third-order valence-corrected chi connectivity index (χ3v) is 4.93. The quantitative estimate of drug-likeness (QED) is 0.460. The van der Waals surface area contributed by atoms with E-state index in [0.717, 1.165) is 22.4 Å². The van der Waals surface area contributed by atoms with E-state index in [-0.39, 0.29) is 23.9 Å². The van der Waals surface area contributed by atoms with Crippen molar-refractivity contribution in [2.24, 2.45) is 0 Å². The Bertz CT molecular complexity index is 1210. The van der Waals surface area contributed by atoms with E-state index in [2.05, 4.69) is 10.1 Å². The van der Waals surface area contributed by atoms with Crippen LogP contribution in [0.25, 0.3) is 34.0 Å². The number of aliphatic hydroxyl groups is 1. The predicted octanol–water partition coefficient (Wildman–Crippen LogP) is 4.86. The first-order chi connectivity index (χ1) is 15.1. The maximum absolute atomic E-state index is 14.3. The van der Waals surface area contributed by atoms with Gasteiger partial charge >= 0.3 is 0 Å². The number of hydrogen-bond donors (Lipinski definition) is 1. The van der Waals surface area contributed by atoms with E-state index < -0.39 is 5.82 Å². The van der Waals surface area contributed by atoms with Crippen molar-refractivity contribution in [1.29, 1.82) is 0 Å². The van der Waals surface area contributed by atoms with Crippen LogP contribution in [0.2, 0.25) is 0 Å². The van der Waals surface area contributed by atoms with Gasteiger partial charge in [-0.2, -0.15) is 4.98 Å². The van der Waals surface area contributed by atoms with Crippen molar-refractivity contribution in [2.45, 2.75) is 13.2 Å². The minimum Gasteiger partial charge on any atom is -0.496 e. The molecule has 4 rings (SSSR count). The van der Waals surface area contributed by atoms with E-state index in [0.29, 0.717) is 17.7 Å². The molecule has 0 aliphatic rings. The number of aromatic nitrogens is 2. The second-order valence-electron chi connectivity index (χ2n) is 6.90. The van der Waals surface area contributed by atoms with Crippen molar-refractivity contribution < 1.29 is 23.5 Å². The van der Waals surface area contributed by atoms with Gasteiger partial charge in [-0.15, -0.1) is 0 Å². The largest absolute Gasteiger partial charge is 0.496 e. The van der Waals surface area contributed by atoms with Crippen LogP contribution in [0.4, 0.5) is 4.39 Å². The fraction of sp³-hybridized carbons (Fsp3) is 0.167. The monoisotopic (exact) mass is 420 g/mol. The Labute approximate surface area is 178 Å². The van der Waals surface area contributed by atoms with Crippen LogP contribution in [0.15, 0.2) is 65.2 Å². The highest BCUT2D eigenvalue weighted by Gasteiger charge is 2.17. The summed E-state index contributed by atoms with van der Waals surface area (Å²) in [5.74, 6) is 0.642. The Morgan fingerprint density at radius 2 is 1.77 bits per heavy atom. The lowest BCUT2D eigenvalue weighted by molar-refractivity contribution is 0.185. The van der Waals surface area contributed by atoms with Crippen molar-refractivity contribution in [3.05, 3.63) is 77.6 Å². The zero-order valence-electron chi connectivity index (χ0n) is 17.1. The maximum Gasteiger partial charge on any atom is 0.258 e. The SMILES string of the molecule is COCc1cc(-c2nc(-c3ccc(CO)cc3F)no2)ccc1-c1ccccc1OC. The number of para-hydroxylation sites is 1. The molecule has 4 aromatic rings. The zero-order valence-corrected chi connectivity index (χ0v) is 17.1. The Hall–Kier alpha value is -3.55. The Morgan fingerprint density at radius 3 is 2.52 bits per heavy atom. The molecule has 0 saturated carbocycles. The highest BCUT2D eigenvalue weighted by Crippen LogP contribution is 2.35. The first-order valence-corrected chi connectivity index (χ1v) is 9.63. The van der Waals surface area contributed by atoms with Gasteiger partial charge in [0, 0.05) is 18.2 Å². The van der Waals surface area contributed by atoms with Gasteiger partial charge < -0.3 is 19.1 Å². The fourth-order valence-electron chi connectivity index (χ4n) is 3.42. The maximum atomic E-state index is 14.3. The van der Waals surface area contributed by atoms with Gasteiger partial charge in [0.2, 0.25) is 5.82 Å². The van der Waals surface area contributed by atoms with Gasteiger partial charge in [-0.3, -0.25) is 0 Å². The van der Waals surface area contributed by atoms with E-state index in [9.17, 15) is 4.39 Å². The summed E-state index contributed by atoms with van der Waals surface area (Å²) in [7, 11) is 3.26. The second-order valence-corrected chi connectivity index (χ2v) is 6.90. The number of hydrogen-bond acceptors (Lipinski definition) is 6. The van der Waals surface area contributed by atoms with Crippen molar-refractivity contribution in [3.63, 3.8) is 0 Å². The molecule has 1 aromatic heterocycles. The number of methoxy groups -OCH3 is 2. The lowest BCUT2D eigenvalue weighted by atomic mass is 9.97. The molecule has 6 nitrogen and oxygen atoms in total. The molecule has 31 heavy (non-hydrogen) atoms. The number of nitrogens with zero attached hydrogens (tertiary/aromatic N) is 2. The van der Waals surface area contributed by atoms with Crippen molar-refractivity contribution in [1.82, 2.24) is 10.1 Å². The van der Waals surface area contributed by atoms with Crippen molar-refractivity contribution >= 4 is 0 Å². The molecular weight excluding hydrogens is 399 g/mol. The van der Waals surface area contributed by atoms with Gasteiger partial charge in [0.1, 0.15) is 11.6 Å². The topological polar surface area (TPSA) is 77.6 Å². The van der Waals surface area contributed by atoms with Gasteiger partial charge in [0.15, 0.2) is 0 Å². The van der Waals surface area contributed by atoms with Crippen LogP contribution in [-0.2, 0) is 18.0 Å². The molecule has 158 valence electrons. The van der Waals surface area contributed by atoms with Crippen molar-refractivity contribution in [2.75, 3.05) is 14.2 Å². The third-order valence-electron chi connectivity index (χ3n) is 4.93. The molecule has 1 N–H and O–H groups in total. The lowest BCUT2D eigenvalue weighted by Crippen LogP contribution is -1.96. The second kappa shape index (κ2) is 9.07. The lowest BCUT2D eigenvalue weighted by Gasteiger charge is -2.13. The Kier molecular flexibility index (Phi) is 6.06. The Balaban J connectivity index is 1.72. The molecule has 0 saturated heterocycles. The van der Waals surface area contributed by atoms with Crippen LogP contribution in [-0.4, -0.2) is 29.5 Å². The summed E-state index contributed by atoms with van der Waals surface area (Å²) in [5, 5.41) is 13.1. The standard InChI is InChI=1S/C24H21FN2O4/c1-29-14-17-12-16(8-10-18(17)19-5-3-4-6-22(19)30-2)24-26-23(27-31-24)20-9-7-15(13-28)11-21(20)25/h3-12,28H,13-14H2,1-2H3. The third kappa shape index (κ3) is 4.19. The molecule has 0 radical (unpaired) electrons. The van der Waals surface area contributed by atoms with Gasteiger partial charge in [0.05, 0.1) is 25.9 Å². The molecule has 0 amide bonds. The van der Waals surface area contributed by atoms with Crippen LogP contribution >= 0.6 is 0 Å². The van der Waals surface area contributed by atoms with Crippen molar-refractivity contribution in [3.8, 4) is 39.7 Å². The molecule has 0 spiro atoms. The van der Waals surface area contributed by atoms with Crippen LogP contribution < -0.4 is 4.74 Å². The summed E-state index contributed by atoms with van der Waals surface area (Å²) >= 11 is 0. The number of aliphatic hydroxyl groups excluding tert-OH is 1. The molecule has 0 fully saturated rings. The molecule has 0 atom stereocenters. The summed E-state index contributed by atoms with van der Waals surface area (Å²) in [6.45, 7) is 0.134. The number of ether oxygens (including phenoxy) is 2. The van der Waals surface area contributed by atoms with Gasteiger partial charge in [-0.1, -0.05) is 35.5 Å². The first kappa shape index (κ1) is 20.7. The smallest absolute Gasteiger partial charge is 0.258 e. The van der Waals surface area contributed by atoms with E-state index in [1.165, 1.54) is 12.1 Å². The first-order valence-electron chi connectivity index (χ1n) is 9.63. The van der Waals surface area contributed by atoms with E-state index in [1.54, 1.807) is 20.3 Å². The summed E-state index contributed by atoms with van der Waals surface area (Å²) in [6, 6.07) is 17.9. The number of rotatable bonds is 7. The van der Waals surface area contributed by atoms with Gasteiger partial charge in [-0.25, -0.2) is 4.39 Å². The molecule has 0 aliphatic carbocycles. The summed E-state index contributed by atoms with van der Waals surface area (Å²) < 4.78 is 30.6. The highest BCUT2D eigenvalue weighted by atomic mass is 19.1.